The van der Waals surface area contributed by atoms with Crippen LogP contribution in [0.25, 0.3) is 0 Å². The molecular weight excluding hydrogens is 369 g/mol. The fourth-order valence-corrected chi connectivity index (χ4v) is 2.57. The van der Waals surface area contributed by atoms with Crippen molar-refractivity contribution in [3.05, 3.63) is 33.3 Å². The highest BCUT2D eigenvalue weighted by Gasteiger charge is 2.09. The summed E-state index contributed by atoms with van der Waals surface area (Å²) in [6, 6.07) is 5.16. The molecular formula is C12H14Br2ClNO. The molecule has 2 nitrogen and oxygen atoms in total. The van der Waals surface area contributed by atoms with Crippen LogP contribution in [0.4, 0.5) is 0 Å². The van der Waals surface area contributed by atoms with Gasteiger partial charge < -0.3 is 5.32 Å². The molecule has 0 aliphatic carbocycles. The Balaban J connectivity index is 2.55. The Morgan fingerprint density at radius 1 is 1.53 bits per heavy atom. The molecule has 0 aliphatic heterocycles. The molecule has 0 radical (unpaired) electrons. The molecule has 1 unspecified atom stereocenters. The van der Waals surface area contributed by atoms with Crippen molar-refractivity contribution >= 4 is 49.4 Å². The average molecular weight is 384 g/mol. The van der Waals surface area contributed by atoms with E-state index in [1.807, 2.05) is 0 Å². The van der Waals surface area contributed by atoms with Crippen LogP contribution in [0.1, 0.15) is 23.7 Å². The fourth-order valence-electron chi connectivity index (χ4n) is 1.29. The van der Waals surface area contributed by atoms with E-state index in [2.05, 4.69) is 44.1 Å². The summed E-state index contributed by atoms with van der Waals surface area (Å²) in [7, 11) is 0. The number of alkyl halides is 1. The Morgan fingerprint density at radius 3 is 2.82 bits per heavy atom. The van der Waals surface area contributed by atoms with Crippen LogP contribution >= 0.6 is 43.5 Å². The highest BCUT2D eigenvalue weighted by atomic mass is 79.9. The second kappa shape index (κ2) is 7.39. The Bertz CT molecular complexity index is 398. The molecule has 0 saturated heterocycles. The SMILES string of the molecule is CC(CCBr)CNC(=O)c1ccc(Cl)c(Br)c1. The molecule has 0 bridgehead atoms. The van der Waals surface area contributed by atoms with Gasteiger partial charge in [0, 0.05) is 21.9 Å². The first-order chi connectivity index (χ1) is 8.04. The quantitative estimate of drug-likeness (QED) is 0.757. The molecule has 1 aromatic rings. The Hall–Kier alpha value is -0.0600. The van der Waals surface area contributed by atoms with Gasteiger partial charge in [-0.05, 0) is 46.5 Å². The van der Waals surface area contributed by atoms with E-state index in [0.29, 0.717) is 23.0 Å². The zero-order valence-electron chi connectivity index (χ0n) is 9.47. The monoisotopic (exact) mass is 381 g/mol. The number of benzene rings is 1. The fraction of sp³-hybridized carbons (Fsp3) is 0.417. The van der Waals surface area contributed by atoms with E-state index in [1.165, 1.54) is 0 Å². The zero-order chi connectivity index (χ0) is 12.8. The highest BCUT2D eigenvalue weighted by Crippen LogP contribution is 2.23. The highest BCUT2D eigenvalue weighted by molar-refractivity contribution is 9.10. The maximum atomic E-state index is 11.8. The van der Waals surface area contributed by atoms with Crippen LogP contribution in [0.5, 0.6) is 0 Å². The topological polar surface area (TPSA) is 29.1 Å². The number of hydrogen-bond acceptors (Lipinski definition) is 1. The van der Waals surface area contributed by atoms with Crippen molar-refractivity contribution in [2.24, 2.45) is 5.92 Å². The van der Waals surface area contributed by atoms with Crippen molar-refractivity contribution in [3.8, 4) is 0 Å². The van der Waals surface area contributed by atoms with E-state index in [-0.39, 0.29) is 5.91 Å². The molecule has 0 heterocycles. The summed E-state index contributed by atoms with van der Waals surface area (Å²) in [4.78, 5) is 11.8. The summed E-state index contributed by atoms with van der Waals surface area (Å²) >= 11 is 12.6. The molecule has 1 N–H and O–H groups in total. The first kappa shape index (κ1) is 15.0. The largest absolute Gasteiger partial charge is 0.352 e. The first-order valence-electron chi connectivity index (χ1n) is 5.33. The molecule has 1 atom stereocenters. The lowest BCUT2D eigenvalue weighted by molar-refractivity contribution is 0.0948. The summed E-state index contributed by atoms with van der Waals surface area (Å²) in [5.41, 5.74) is 0.618. The number of carbonyl (C=O) groups excluding carboxylic acids is 1. The lowest BCUT2D eigenvalue weighted by Gasteiger charge is -2.11. The molecule has 0 spiro atoms. The number of rotatable bonds is 5. The minimum Gasteiger partial charge on any atom is -0.352 e. The smallest absolute Gasteiger partial charge is 0.251 e. The van der Waals surface area contributed by atoms with E-state index in [1.54, 1.807) is 18.2 Å². The van der Waals surface area contributed by atoms with Crippen molar-refractivity contribution in [1.82, 2.24) is 5.32 Å². The third-order valence-corrected chi connectivity index (χ3v) is 4.07. The van der Waals surface area contributed by atoms with E-state index in [9.17, 15) is 4.79 Å². The average Bonchev–Trinajstić information content (AvgIpc) is 2.30. The number of carbonyl (C=O) groups is 1. The van der Waals surface area contributed by atoms with Gasteiger partial charge >= 0.3 is 0 Å². The lowest BCUT2D eigenvalue weighted by atomic mass is 10.1. The summed E-state index contributed by atoms with van der Waals surface area (Å²) < 4.78 is 0.736. The van der Waals surface area contributed by atoms with Gasteiger partial charge in [0.15, 0.2) is 0 Å². The molecule has 1 aromatic carbocycles. The maximum Gasteiger partial charge on any atom is 0.251 e. The van der Waals surface area contributed by atoms with Crippen LogP contribution in [0, 0.1) is 5.92 Å². The second-order valence-electron chi connectivity index (χ2n) is 3.92. The van der Waals surface area contributed by atoms with Gasteiger partial charge in [-0.2, -0.15) is 0 Å². The van der Waals surface area contributed by atoms with Gasteiger partial charge in [-0.1, -0.05) is 34.5 Å². The van der Waals surface area contributed by atoms with Crippen LogP contribution in [0.2, 0.25) is 5.02 Å². The van der Waals surface area contributed by atoms with Gasteiger partial charge in [-0.25, -0.2) is 0 Å². The van der Waals surface area contributed by atoms with E-state index >= 15 is 0 Å². The summed E-state index contributed by atoms with van der Waals surface area (Å²) in [6.45, 7) is 2.80. The number of amides is 1. The molecule has 0 aromatic heterocycles. The van der Waals surface area contributed by atoms with E-state index in [0.717, 1.165) is 16.2 Å². The van der Waals surface area contributed by atoms with Crippen molar-refractivity contribution < 1.29 is 4.79 Å². The van der Waals surface area contributed by atoms with Gasteiger partial charge in [0.05, 0.1) is 5.02 Å². The predicted octanol–water partition coefficient (Wildman–Crippen LogP) is 4.25. The van der Waals surface area contributed by atoms with Crippen LogP contribution in [0.15, 0.2) is 22.7 Å². The minimum atomic E-state index is -0.0659. The number of nitrogens with one attached hydrogen (secondary N) is 1. The van der Waals surface area contributed by atoms with Crippen molar-refractivity contribution in [1.29, 1.82) is 0 Å². The molecule has 0 aliphatic rings. The predicted molar refractivity (Wildman–Crippen MR) is 79.1 cm³/mol. The third kappa shape index (κ3) is 4.98. The maximum absolute atomic E-state index is 11.8. The first-order valence-corrected chi connectivity index (χ1v) is 7.63. The van der Waals surface area contributed by atoms with Crippen molar-refractivity contribution in [2.75, 3.05) is 11.9 Å². The van der Waals surface area contributed by atoms with Gasteiger partial charge in [0.25, 0.3) is 5.91 Å². The second-order valence-corrected chi connectivity index (χ2v) is 5.98. The Labute approximate surface area is 123 Å². The van der Waals surface area contributed by atoms with E-state index < -0.39 is 0 Å². The van der Waals surface area contributed by atoms with Crippen LogP contribution in [-0.2, 0) is 0 Å². The summed E-state index contributed by atoms with van der Waals surface area (Å²) in [5.74, 6) is 0.401. The van der Waals surface area contributed by atoms with Gasteiger partial charge in [-0.15, -0.1) is 0 Å². The molecule has 1 rings (SSSR count). The van der Waals surface area contributed by atoms with Crippen LogP contribution in [-0.4, -0.2) is 17.8 Å². The standard InChI is InChI=1S/C12H14Br2ClNO/c1-8(4-5-13)7-16-12(17)9-2-3-11(15)10(14)6-9/h2-3,6,8H,4-5,7H2,1H3,(H,16,17). The van der Waals surface area contributed by atoms with Gasteiger partial charge in [-0.3, -0.25) is 4.79 Å². The molecule has 94 valence electrons. The van der Waals surface area contributed by atoms with Gasteiger partial charge in [0.2, 0.25) is 0 Å². The number of halogens is 3. The molecule has 5 heteroatoms. The van der Waals surface area contributed by atoms with Crippen molar-refractivity contribution in [3.63, 3.8) is 0 Å². The van der Waals surface area contributed by atoms with Gasteiger partial charge in [0.1, 0.15) is 0 Å². The number of hydrogen-bond donors (Lipinski definition) is 1. The summed E-state index contributed by atoms with van der Waals surface area (Å²) in [5, 5.41) is 4.47. The lowest BCUT2D eigenvalue weighted by Crippen LogP contribution is -2.28. The Morgan fingerprint density at radius 2 is 2.24 bits per heavy atom. The molecule has 0 fully saturated rings. The Kier molecular flexibility index (Phi) is 6.52. The van der Waals surface area contributed by atoms with Crippen molar-refractivity contribution in [2.45, 2.75) is 13.3 Å². The molecule has 17 heavy (non-hydrogen) atoms. The van der Waals surface area contributed by atoms with Crippen LogP contribution < -0.4 is 5.32 Å². The normalized spacial score (nSPS) is 12.2. The minimum absolute atomic E-state index is 0.0659. The zero-order valence-corrected chi connectivity index (χ0v) is 13.4. The van der Waals surface area contributed by atoms with E-state index in [4.69, 9.17) is 11.6 Å². The molecule has 0 saturated carbocycles. The van der Waals surface area contributed by atoms with Crippen LogP contribution in [0.3, 0.4) is 0 Å². The third-order valence-electron chi connectivity index (χ3n) is 2.39. The summed E-state index contributed by atoms with van der Waals surface area (Å²) in [6.07, 6.45) is 1.05. The molecule has 1 amide bonds.